The highest BCUT2D eigenvalue weighted by molar-refractivity contribution is 7.99. The molecular formula is C19H21NO4S. The van der Waals surface area contributed by atoms with Gasteiger partial charge in [0.05, 0.1) is 32.9 Å². The molecule has 0 aromatic heterocycles. The minimum atomic E-state index is -0.190. The maximum atomic E-state index is 12.9. The van der Waals surface area contributed by atoms with Crippen molar-refractivity contribution < 1.29 is 19.0 Å². The van der Waals surface area contributed by atoms with Crippen LogP contribution < -0.4 is 19.5 Å². The predicted octanol–water partition coefficient (Wildman–Crippen LogP) is 3.68. The topological polar surface area (TPSA) is 56.8 Å². The van der Waals surface area contributed by atoms with Crippen LogP contribution in [0.3, 0.4) is 0 Å². The summed E-state index contributed by atoms with van der Waals surface area (Å²) in [6.45, 7) is 0. The number of ether oxygens (including phenoxy) is 3. The van der Waals surface area contributed by atoms with E-state index in [0.29, 0.717) is 22.8 Å². The van der Waals surface area contributed by atoms with Gasteiger partial charge in [-0.15, -0.1) is 11.8 Å². The first-order valence-corrected chi connectivity index (χ1v) is 8.99. The van der Waals surface area contributed by atoms with Crippen LogP contribution in [-0.4, -0.2) is 33.0 Å². The Labute approximate surface area is 151 Å². The highest BCUT2D eigenvalue weighted by Crippen LogP contribution is 2.40. The van der Waals surface area contributed by atoms with E-state index < -0.39 is 0 Å². The van der Waals surface area contributed by atoms with Gasteiger partial charge >= 0.3 is 0 Å². The van der Waals surface area contributed by atoms with Gasteiger partial charge in [0.25, 0.3) is 5.91 Å². The van der Waals surface area contributed by atoms with Crippen molar-refractivity contribution in [1.29, 1.82) is 0 Å². The summed E-state index contributed by atoms with van der Waals surface area (Å²) in [5.41, 5.74) is 1.59. The summed E-state index contributed by atoms with van der Waals surface area (Å²) >= 11 is 1.82. The number of hydrogen-bond acceptors (Lipinski definition) is 5. The second-order valence-electron chi connectivity index (χ2n) is 5.58. The monoisotopic (exact) mass is 359 g/mol. The molecule has 132 valence electrons. The molecule has 25 heavy (non-hydrogen) atoms. The number of carbonyl (C=O) groups is 1. The Morgan fingerprint density at radius 2 is 1.80 bits per heavy atom. The van der Waals surface area contributed by atoms with Crippen LogP contribution in [0.15, 0.2) is 41.3 Å². The number of fused-ring (bicyclic) bond motifs is 1. The molecule has 1 unspecified atom stereocenters. The quantitative estimate of drug-likeness (QED) is 0.883. The first-order chi connectivity index (χ1) is 12.2. The van der Waals surface area contributed by atoms with Crippen molar-refractivity contribution in [2.24, 2.45) is 0 Å². The van der Waals surface area contributed by atoms with Crippen molar-refractivity contribution >= 4 is 17.7 Å². The molecule has 1 amide bonds. The second kappa shape index (κ2) is 7.70. The zero-order valence-corrected chi connectivity index (χ0v) is 15.3. The molecule has 1 atom stereocenters. The normalized spacial score (nSPS) is 15.9. The molecule has 0 saturated carbocycles. The molecule has 0 saturated heterocycles. The van der Waals surface area contributed by atoms with Crippen LogP contribution >= 0.6 is 11.8 Å². The minimum absolute atomic E-state index is 0.0113. The summed E-state index contributed by atoms with van der Waals surface area (Å²) in [5.74, 6) is 2.10. The number of hydrogen-bond donors (Lipinski definition) is 1. The van der Waals surface area contributed by atoms with Crippen LogP contribution in [0.2, 0.25) is 0 Å². The van der Waals surface area contributed by atoms with Gasteiger partial charge in [-0.1, -0.05) is 18.2 Å². The van der Waals surface area contributed by atoms with E-state index in [1.54, 1.807) is 19.2 Å². The lowest BCUT2D eigenvalue weighted by molar-refractivity contribution is 0.0931. The standard InChI is InChI=1S/C19H21NO4S/c1-22-15-9-8-13(17(23-2)18(15)24-3)19(21)20-14-10-11-25-16-7-5-4-6-12(14)16/h4-9,14H,10-11H2,1-3H3,(H,20,21). The zero-order chi connectivity index (χ0) is 17.8. The first kappa shape index (κ1) is 17.5. The van der Waals surface area contributed by atoms with E-state index in [4.69, 9.17) is 14.2 Å². The van der Waals surface area contributed by atoms with Gasteiger partial charge < -0.3 is 19.5 Å². The fraction of sp³-hybridized carbons (Fsp3) is 0.316. The van der Waals surface area contributed by atoms with Gasteiger partial charge in [-0.05, 0) is 30.2 Å². The molecule has 0 aliphatic carbocycles. The van der Waals surface area contributed by atoms with Crippen molar-refractivity contribution in [1.82, 2.24) is 5.32 Å². The number of methoxy groups -OCH3 is 3. The third kappa shape index (κ3) is 3.39. The van der Waals surface area contributed by atoms with Gasteiger partial charge in [-0.3, -0.25) is 4.79 Å². The molecule has 1 heterocycles. The van der Waals surface area contributed by atoms with Crippen LogP contribution in [0.25, 0.3) is 0 Å². The van der Waals surface area contributed by atoms with Crippen LogP contribution in [0.4, 0.5) is 0 Å². The third-order valence-electron chi connectivity index (χ3n) is 4.21. The number of carbonyl (C=O) groups excluding carboxylic acids is 1. The molecule has 5 nitrogen and oxygen atoms in total. The summed E-state index contributed by atoms with van der Waals surface area (Å²) in [7, 11) is 4.59. The maximum Gasteiger partial charge on any atom is 0.255 e. The van der Waals surface area contributed by atoms with Crippen LogP contribution in [0, 0.1) is 0 Å². The van der Waals surface area contributed by atoms with Gasteiger partial charge in [-0.2, -0.15) is 0 Å². The molecule has 2 aromatic rings. The summed E-state index contributed by atoms with van der Waals surface area (Å²) in [5, 5.41) is 3.13. The summed E-state index contributed by atoms with van der Waals surface area (Å²) in [6.07, 6.45) is 0.892. The summed E-state index contributed by atoms with van der Waals surface area (Å²) in [6, 6.07) is 11.6. The van der Waals surface area contributed by atoms with Gasteiger partial charge in [-0.25, -0.2) is 0 Å². The Morgan fingerprint density at radius 1 is 1.04 bits per heavy atom. The van der Waals surface area contributed by atoms with Crippen LogP contribution in [0.1, 0.15) is 28.4 Å². The molecule has 1 aliphatic heterocycles. The first-order valence-electron chi connectivity index (χ1n) is 8.01. The van der Waals surface area contributed by atoms with E-state index in [9.17, 15) is 4.79 Å². The molecule has 2 aromatic carbocycles. The Balaban J connectivity index is 1.90. The largest absolute Gasteiger partial charge is 0.493 e. The van der Waals surface area contributed by atoms with Crippen molar-refractivity contribution in [2.75, 3.05) is 27.1 Å². The van der Waals surface area contributed by atoms with Crippen LogP contribution in [-0.2, 0) is 0 Å². The molecule has 0 bridgehead atoms. The Bertz CT molecular complexity index is 778. The highest BCUT2D eigenvalue weighted by atomic mass is 32.2. The van der Waals surface area contributed by atoms with E-state index >= 15 is 0 Å². The Morgan fingerprint density at radius 3 is 2.52 bits per heavy atom. The molecular weight excluding hydrogens is 338 g/mol. The van der Waals surface area contributed by atoms with E-state index in [1.165, 1.54) is 19.1 Å². The van der Waals surface area contributed by atoms with Gasteiger partial charge in [0, 0.05) is 10.6 Å². The summed E-state index contributed by atoms with van der Waals surface area (Å²) in [4.78, 5) is 14.1. The number of benzene rings is 2. The predicted molar refractivity (Wildman–Crippen MR) is 98.1 cm³/mol. The maximum absolute atomic E-state index is 12.9. The molecule has 1 N–H and O–H groups in total. The zero-order valence-electron chi connectivity index (χ0n) is 14.5. The summed E-state index contributed by atoms with van der Waals surface area (Å²) < 4.78 is 16.1. The second-order valence-corrected chi connectivity index (χ2v) is 6.72. The van der Waals surface area contributed by atoms with E-state index in [2.05, 4.69) is 17.4 Å². The van der Waals surface area contributed by atoms with Crippen molar-refractivity contribution in [2.45, 2.75) is 17.4 Å². The van der Waals surface area contributed by atoms with Gasteiger partial charge in [0.2, 0.25) is 5.75 Å². The SMILES string of the molecule is COc1ccc(C(=O)NC2CCSc3ccccc32)c(OC)c1OC. The van der Waals surface area contributed by atoms with Crippen molar-refractivity contribution in [3.05, 3.63) is 47.5 Å². The van der Waals surface area contributed by atoms with E-state index in [0.717, 1.165) is 17.7 Å². The number of rotatable bonds is 5. The van der Waals surface area contributed by atoms with Crippen LogP contribution in [0.5, 0.6) is 17.2 Å². The Hall–Kier alpha value is -2.34. The molecule has 6 heteroatoms. The smallest absolute Gasteiger partial charge is 0.255 e. The van der Waals surface area contributed by atoms with E-state index in [1.807, 2.05) is 23.9 Å². The third-order valence-corrected chi connectivity index (χ3v) is 5.34. The van der Waals surface area contributed by atoms with Crippen molar-refractivity contribution in [3.8, 4) is 17.2 Å². The molecule has 0 radical (unpaired) electrons. The fourth-order valence-corrected chi connectivity index (χ4v) is 4.13. The minimum Gasteiger partial charge on any atom is -0.493 e. The molecule has 1 aliphatic rings. The molecule has 3 rings (SSSR count). The molecule has 0 fully saturated rings. The average Bonchev–Trinajstić information content (AvgIpc) is 2.66. The number of thioether (sulfide) groups is 1. The average molecular weight is 359 g/mol. The van der Waals surface area contributed by atoms with E-state index in [-0.39, 0.29) is 11.9 Å². The van der Waals surface area contributed by atoms with Gasteiger partial charge in [0.1, 0.15) is 0 Å². The lowest BCUT2D eigenvalue weighted by Crippen LogP contribution is -2.31. The lowest BCUT2D eigenvalue weighted by Gasteiger charge is -2.26. The Kier molecular flexibility index (Phi) is 5.38. The number of amides is 1. The fourth-order valence-electron chi connectivity index (χ4n) is 3.01. The van der Waals surface area contributed by atoms with Crippen molar-refractivity contribution in [3.63, 3.8) is 0 Å². The molecule has 0 spiro atoms. The number of nitrogens with one attached hydrogen (secondary N) is 1. The lowest BCUT2D eigenvalue weighted by atomic mass is 10.0. The highest BCUT2D eigenvalue weighted by Gasteiger charge is 2.25. The van der Waals surface area contributed by atoms with Gasteiger partial charge in [0.15, 0.2) is 11.5 Å².